The molecule has 16 heavy (non-hydrogen) atoms. The molecule has 0 saturated heterocycles. The summed E-state index contributed by atoms with van der Waals surface area (Å²) >= 11 is 2.40. The number of nitrogens with one attached hydrogen (secondary N) is 1. The first-order chi connectivity index (χ1) is 7.42. The lowest BCUT2D eigenvalue weighted by molar-refractivity contribution is -0.138. The van der Waals surface area contributed by atoms with Crippen LogP contribution in [0.25, 0.3) is 0 Å². The Morgan fingerprint density at radius 3 is 2.81 bits per heavy atom. The van der Waals surface area contributed by atoms with Gasteiger partial charge in [0.05, 0.1) is 5.75 Å². The molecule has 0 atom stereocenters. The van der Waals surface area contributed by atoms with Gasteiger partial charge < -0.3 is 10.4 Å². The maximum atomic E-state index is 11.4. The van der Waals surface area contributed by atoms with Crippen LogP contribution in [-0.4, -0.2) is 32.5 Å². The van der Waals surface area contributed by atoms with Crippen LogP contribution >= 0.6 is 23.1 Å². The van der Waals surface area contributed by atoms with Gasteiger partial charge in [0.25, 0.3) is 0 Å². The van der Waals surface area contributed by atoms with Crippen molar-refractivity contribution in [2.45, 2.75) is 18.6 Å². The van der Waals surface area contributed by atoms with Crippen molar-refractivity contribution in [3.8, 4) is 0 Å². The molecule has 1 amide bonds. The van der Waals surface area contributed by atoms with Crippen molar-refractivity contribution in [3.63, 3.8) is 0 Å². The Bertz CT molecular complexity index is 376. The Kier molecular flexibility index (Phi) is 4.31. The average molecular weight is 260 g/mol. The lowest BCUT2D eigenvalue weighted by atomic mass is 10.2. The largest absolute Gasteiger partial charge is 0.480 e. The highest BCUT2D eigenvalue weighted by molar-refractivity contribution is 8.02. The van der Waals surface area contributed by atoms with Crippen LogP contribution in [0.2, 0.25) is 0 Å². The summed E-state index contributed by atoms with van der Waals surface area (Å²) in [6, 6.07) is 0. The minimum atomic E-state index is -0.958. The summed E-state index contributed by atoms with van der Waals surface area (Å²) in [7, 11) is 0. The lowest BCUT2D eigenvalue weighted by Gasteiger charge is -2.17. The van der Waals surface area contributed by atoms with E-state index in [0.717, 1.165) is 11.8 Å². The zero-order chi connectivity index (χ0) is 12.2. The Morgan fingerprint density at radius 1 is 1.62 bits per heavy atom. The van der Waals surface area contributed by atoms with E-state index in [-0.39, 0.29) is 11.7 Å². The van der Waals surface area contributed by atoms with Crippen LogP contribution in [0.1, 0.15) is 13.8 Å². The number of nitrogens with zero attached hydrogens (tertiary/aromatic N) is 1. The van der Waals surface area contributed by atoms with Crippen molar-refractivity contribution in [2.75, 3.05) is 11.1 Å². The average Bonchev–Trinajstić information content (AvgIpc) is 2.67. The number of carbonyl (C=O) groups excluding carboxylic acids is 1. The zero-order valence-electron chi connectivity index (χ0n) is 8.89. The number of anilines is 1. The van der Waals surface area contributed by atoms with Crippen LogP contribution in [0.5, 0.6) is 0 Å². The quantitative estimate of drug-likeness (QED) is 0.842. The molecule has 1 aromatic heterocycles. The molecular formula is C9H12N2O3S2. The van der Waals surface area contributed by atoms with E-state index < -0.39 is 10.7 Å². The standard InChI is InChI=1S/C9H12N2O3S2/c1-9(2,7(13)14)16-5-6(12)11-8-10-3-4-15-8/h3-4H,5H2,1-2H3,(H,13,14)(H,10,11,12). The maximum absolute atomic E-state index is 11.4. The molecule has 0 spiro atoms. The Labute approximate surface area is 101 Å². The maximum Gasteiger partial charge on any atom is 0.319 e. The highest BCUT2D eigenvalue weighted by atomic mass is 32.2. The number of carbonyl (C=O) groups is 2. The number of hydrogen-bond acceptors (Lipinski definition) is 5. The van der Waals surface area contributed by atoms with Gasteiger partial charge in [0.1, 0.15) is 4.75 Å². The number of hydrogen-bond donors (Lipinski definition) is 2. The van der Waals surface area contributed by atoms with Gasteiger partial charge in [-0.15, -0.1) is 23.1 Å². The molecule has 1 heterocycles. The van der Waals surface area contributed by atoms with Crippen molar-refractivity contribution in [1.29, 1.82) is 0 Å². The van der Waals surface area contributed by atoms with Gasteiger partial charge in [-0.3, -0.25) is 9.59 Å². The number of carboxylic acid groups (broad SMARTS) is 1. The molecule has 1 rings (SSSR count). The third-order valence-corrected chi connectivity index (χ3v) is 3.75. The van der Waals surface area contributed by atoms with Gasteiger partial charge in [0.2, 0.25) is 5.91 Å². The Balaban J connectivity index is 2.39. The van der Waals surface area contributed by atoms with Crippen LogP contribution in [0.3, 0.4) is 0 Å². The van der Waals surface area contributed by atoms with Crippen molar-refractivity contribution in [2.24, 2.45) is 0 Å². The molecule has 0 aliphatic carbocycles. The first-order valence-electron chi connectivity index (χ1n) is 4.48. The molecule has 0 unspecified atom stereocenters. The third-order valence-electron chi connectivity index (χ3n) is 1.76. The normalized spacial score (nSPS) is 11.1. The van der Waals surface area contributed by atoms with Crippen molar-refractivity contribution in [3.05, 3.63) is 11.6 Å². The van der Waals surface area contributed by atoms with Crippen LogP contribution in [0.15, 0.2) is 11.6 Å². The van der Waals surface area contributed by atoms with Gasteiger partial charge in [-0.05, 0) is 13.8 Å². The van der Waals surface area contributed by atoms with Crippen LogP contribution < -0.4 is 5.32 Å². The fraction of sp³-hybridized carbons (Fsp3) is 0.444. The van der Waals surface area contributed by atoms with E-state index >= 15 is 0 Å². The minimum Gasteiger partial charge on any atom is -0.480 e. The summed E-state index contributed by atoms with van der Waals surface area (Å²) < 4.78 is -0.958. The molecule has 0 bridgehead atoms. The van der Waals surface area contributed by atoms with Gasteiger partial charge in [-0.25, -0.2) is 4.98 Å². The molecule has 0 aliphatic heterocycles. The van der Waals surface area contributed by atoms with Gasteiger partial charge in [-0.1, -0.05) is 0 Å². The lowest BCUT2D eigenvalue weighted by Crippen LogP contribution is -2.29. The van der Waals surface area contributed by atoms with Crippen LogP contribution in [-0.2, 0) is 9.59 Å². The summed E-state index contributed by atoms with van der Waals surface area (Å²) in [4.78, 5) is 26.1. The number of aliphatic carboxylic acids is 1. The van der Waals surface area contributed by atoms with Crippen LogP contribution in [0.4, 0.5) is 5.13 Å². The molecule has 7 heteroatoms. The summed E-state index contributed by atoms with van der Waals surface area (Å²) in [5, 5.41) is 13.7. The number of aromatic nitrogens is 1. The monoisotopic (exact) mass is 260 g/mol. The van der Waals surface area contributed by atoms with E-state index in [1.54, 1.807) is 25.4 Å². The third kappa shape index (κ3) is 3.82. The number of amides is 1. The molecule has 5 nitrogen and oxygen atoms in total. The molecule has 0 radical (unpaired) electrons. The second-order valence-corrected chi connectivity index (χ2v) is 5.98. The first-order valence-corrected chi connectivity index (χ1v) is 6.35. The second kappa shape index (κ2) is 5.31. The van der Waals surface area contributed by atoms with Gasteiger partial charge in [-0.2, -0.15) is 0 Å². The molecule has 0 aromatic carbocycles. The van der Waals surface area contributed by atoms with E-state index in [1.165, 1.54) is 11.3 Å². The molecule has 2 N–H and O–H groups in total. The van der Waals surface area contributed by atoms with E-state index in [0.29, 0.717) is 5.13 Å². The summed E-state index contributed by atoms with van der Waals surface area (Å²) in [5.41, 5.74) is 0. The first kappa shape index (κ1) is 13.0. The molecule has 0 fully saturated rings. The molecular weight excluding hydrogens is 248 g/mol. The number of thiazole rings is 1. The Hall–Kier alpha value is -1.08. The predicted octanol–water partition coefficient (Wildman–Crippen LogP) is 1.68. The van der Waals surface area contributed by atoms with E-state index in [4.69, 9.17) is 5.11 Å². The topological polar surface area (TPSA) is 79.3 Å². The van der Waals surface area contributed by atoms with Crippen LogP contribution in [0, 0.1) is 0 Å². The smallest absolute Gasteiger partial charge is 0.319 e. The highest BCUT2D eigenvalue weighted by Gasteiger charge is 2.28. The number of thioether (sulfide) groups is 1. The molecule has 0 saturated carbocycles. The zero-order valence-corrected chi connectivity index (χ0v) is 10.5. The van der Waals surface area contributed by atoms with Gasteiger partial charge in [0, 0.05) is 11.6 Å². The fourth-order valence-corrected chi connectivity index (χ4v) is 1.98. The number of rotatable bonds is 5. The van der Waals surface area contributed by atoms with Crippen molar-refractivity contribution < 1.29 is 14.7 Å². The van der Waals surface area contributed by atoms with E-state index in [2.05, 4.69) is 10.3 Å². The summed E-state index contributed by atoms with van der Waals surface area (Å²) in [6.45, 7) is 3.13. The van der Waals surface area contributed by atoms with Crippen molar-refractivity contribution >= 4 is 40.1 Å². The number of carboxylic acids is 1. The molecule has 0 aliphatic rings. The molecule has 88 valence electrons. The SMILES string of the molecule is CC(C)(SCC(=O)Nc1nccs1)C(=O)O. The highest BCUT2D eigenvalue weighted by Crippen LogP contribution is 2.24. The minimum absolute atomic E-state index is 0.0961. The fourth-order valence-electron chi connectivity index (χ4n) is 0.748. The molecule has 1 aromatic rings. The van der Waals surface area contributed by atoms with Crippen molar-refractivity contribution in [1.82, 2.24) is 4.98 Å². The second-order valence-electron chi connectivity index (χ2n) is 3.49. The Morgan fingerprint density at radius 2 is 2.31 bits per heavy atom. The van der Waals surface area contributed by atoms with Gasteiger partial charge in [0.15, 0.2) is 5.13 Å². The van der Waals surface area contributed by atoms with E-state index in [1.807, 2.05) is 0 Å². The summed E-state index contributed by atoms with van der Waals surface area (Å²) in [6.07, 6.45) is 1.59. The van der Waals surface area contributed by atoms with E-state index in [9.17, 15) is 9.59 Å². The van der Waals surface area contributed by atoms with Gasteiger partial charge >= 0.3 is 5.97 Å². The summed E-state index contributed by atoms with van der Waals surface area (Å²) in [5.74, 6) is -1.08. The predicted molar refractivity (Wildman–Crippen MR) is 64.9 cm³/mol.